The molecule has 3 rings (SSSR count). The second-order valence-corrected chi connectivity index (χ2v) is 7.48. The van der Waals surface area contributed by atoms with E-state index in [1.54, 1.807) is 17.9 Å². The number of hydrogen-bond acceptors (Lipinski definition) is 4. The molecular weight excluding hydrogens is 326 g/mol. The van der Waals surface area contributed by atoms with E-state index >= 15 is 0 Å². The van der Waals surface area contributed by atoms with E-state index in [-0.39, 0.29) is 12.5 Å². The van der Waals surface area contributed by atoms with Crippen LogP contribution in [0, 0.1) is 11.6 Å². The van der Waals surface area contributed by atoms with Crippen molar-refractivity contribution in [2.75, 3.05) is 13.1 Å². The number of benzene rings is 1. The predicted molar refractivity (Wildman–Crippen MR) is 78.1 cm³/mol. The van der Waals surface area contributed by atoms with Gasteiger partial charge < -0.3 is 4.57 Å². The van der Waals surface area contributed by atoms with Crippen molar-refractivity contribution in [3.05, 3.63) is 42.0 Å². The van der Waals surface area contributed by atoms with E-state index in [0.717, 1.165) is 18.6 Å². The van der Waals surface area contributed by atoms with Crippen LogP contribution in [0.5, 0.6) is 0 Å². The van der Waals surface area contributed by atoms with Crippen LogP contribution in [0.15, 0.2) is 29.4 Å². The molecule has 1 aromatic heterocycles. The molecule has 0 spiro atoms. The monoisotopic (exact) mass is 342 g/mol. The first-order chi connectivity index (χ1) is 10.9. The second kappa shape index (κ2) is 5.97. The zero-order valence-corrected chi connectivity index (χ0v) is 13.3. The quantitative estimate of drug-likeness (QED) is 0.851. The number of aryl methyl sites for hydroxylation is 1. The molecule has 2 aromatic rings. The average molecular weight is 342 g/mol. The van der Waals surface area contributed by atoms with Gasteiger partial charge in [0.2, 0.25) is 10.0 Å². The van der Waals surface area contributed by atoms with Crippen molar-refractivity contribution in [1.29, 1.82) is 0 Å². The Morgan fingerprint density at radius 3 is 2.74 bits per heavy atom. The Balaban J connectivity index is 1.89. The molecule has 0 bridgehead atoms. The van der Waals surface area contributed by atoms with Gasteiger partial charge in [-0.25, -0.2) is 17.2 Å². The lowest BCUT2D eigenvalue weighted by molar-refractivity contribution is 0.305. The first-order valence-corrected chi connectivity index (χ1v) is 8.62. The van der Waals surface area contributed by atoms with Gasteiger partial charge in [0.1, 0.15) is 28.7 Å². The zero-order chi connectivity index (χ0) is 16.6. The van der Waals surface area contributed by atoms with Gasteiger partial charge >= 0.3 is 0 Å². The molecule has 1 aliphatic rings. The molecule has 9 heteroatoms. The Morgan fingerprint density at radius 2 is 2.09 bits per heavy atom. The summed E-state index contributed by atoms with van der Waals surface area (Å²) in [5.41, 5.74) is 0. The van der Waals surface area contributed by atoms with Crippen molar-refractivity contribution in [2.24, 2.45) is 7.05 Å². The van der Waals surface area contributed by atoms with Gasteiger partial charge in [-0.1, -0.05) is 0 Å². The van der Waals surface area contributed by atoms with Crippen molar-refractivity contribution in [1.82, 2.24) is 19.1 Å². The molecule has 1 atom stereocenters. The third-order valence-corrected chi connectivity index (χ3v) is 5.91. The fourth-order valence-corrected chi connectivity index (χ4v) is 4.43. The molecular formula is C14H16F2N4O2S. The van der Waals surface area contributed by atoms with Crippen molar-refractivity contribution in [3.63, 3.8) is 0 Å². The summed E-state index contributed by atoms with van der Waals surface area (Å²) < 4.78 is 55.1. The molecule has 1 unspecified atom stereocenters. The summed E-state index contributed by atoms with van der Waals surface area (Å²) in [6.07, 6.45) is 2.98. The standard InChI is InChI=1S/C14H16F2N4O2S/c1-19-9-17-18-14(19)10-3-2-6-20(8-10)23(21,22)13-5-4-11(15)7-12(13)16/h4-5,7,9-10H,2-3,6,8H2,1H3. The van der Waals surface area contributed by atoms with Gasteiger partial charge in [-0.15, -0.1) is 10.2 Å². The summed E-state index contributed by atoms with van der Waals surface area (Å²) in [5.74, 6) is -1.29. The maximum absolute atomic E-state index is 13.9. The summed E-state index contributed by atoms with van der Waals surface area (Å²) in [6, 6.07) is 2.49. The molecule has 2 heterocycles. The van der Waals surface area contributed by atoms with Crippen LogP contribution in [0.4, 0.5) is 8.78 Å². The maximum atomic E-state index is 13.9. The Hall–Kier alpha value is -1.87. The van der Waals surface area contributed by atoms with Crippen LogP contribution in [-0.2, 0) is 17.1 Å². The van der Waals surface area contributed by atoms with Crippen molar-refractivity contribution in [3.8, 4) is 0 Å². The molecule has 23 heavy (non-hydrogen) atoms. The molecule has 1 aliphatic heterocycles. The lowest BCUT2D eigenvalue weighted by Gasteiger charge is -2.31. The van der Waals surface area contributed by atoms with E-state index in [4.69, 9.17) is 0 Å². The van der Waals surface area contributed by atoms with Gasteiger partial charge in [0.05, 0.1) is 0 Å². The van der Waals surface area contributed by atoms with Gasteiger partial charge in [0.25, 0.3) is 0 Å². The van der Waals surface area contributed by atoms with Crippen LogP contribution < -0.4 is 0 Å². The smallest absolute Gasteiger partial charge is 0.246 e. The fraction of sp³-hybridized carbons (Fsp3) is 0.429. The highest BCUT2D eigenvalue weighted by Gasteiger charge is 2.34. The summed E-state index contributed by atoms with van der Waals surface area (Å²) >= 11 is 0. The molecule has 0 N–H and O–H groups in total. The largest absolute Gasteiger partial charge is 0.320 e. The van der Waals surface area contributed by atoms with E-state index in [2.05, 4.69) is 10.2 Å². The minimum Gasteiger partial charge on any atom is -0.320 e. The summed E-state index contributed by atoms with van der Waals surface area (Å²) in [5, 5.41) is 7.84. The molecule has 6 nitrogen and oxygen atoms in total. The molecule has 1 fully saturated rings. The van der Waals surface area contributed by atoms with Crippen molar-refractivity contribution >= 4 is 10.0 Å². The first-order valence-electron chi connectivity index (χ1n) is 7.18. The third kappa shape index (κ3) is 2.98. The van der Waals surface area contributed by atoms with E-state index in [1.165, 1.54) is 4.31 Å². The van der Waals surface area contributed by atoms with Gasteiger partial charge in [0, 0.05) is 32.1 Å². The molecule has 1 aromatic carbocycles. The van der Waals surface area contributed by atoms with E-state index in [1.807, 2.05) is 0 Å². The van der Waals surface area contributed by atoms with E-state index < -0.39 is 26.6 Å². The summed E-state index contributed by atoms with van der Waals surface area (Å²) in [4.78, 5) is -0.502. The van der Waals surface area contributed by atoms with Crippen molar-refractivity contribution in [2.45, 2.75) is 23.7 Å². The normalized spacial score (nSPS) is 19.9. The van der Waals surface area contributed by atoms with Crippen LogP contribution in [-0.4, -0.2) is 40.6 Å². The molecule has 124 valence electrons. The van der Waals surface area contributed by atoms with Crippen LogP contribution >= 0.6 is 0 Å². The minimum atomic E-state index is -4.01. The third-order valence-electron chi connectivity index (χ3n) is 4.01. The highest BCUT2D eigenvalue weighted by Crippen LogP contribution is 2.29. The number of piperidine rings is 1. The van der Waals surface area contributed by atoms with Gasteiger partial charge in [-0.2, -0.15) is 4.31 Å². The number of halogens is 2. The molecule has 0 amide bonds. The molecule has 0 saturated carbocycles. The lowest BCUT2D eigenvalue weighted by Crippen LogP contribution is -2.40. The average Bonchev–Trinajstić information content (AvgIpc) is 2.93. The molecule has 1 saturated heterocycles. The fourth-order valence-electron chi connectivity index (χ4n) is 2.86. The Labute approximate surface area is 132 Å². The highest BCUT2D eigenvalue weighted by atomic mass is 32.2. The Morgan fingerprint density at radius 1 is 1.30 bits per heavy atom. The summed E-state index contributed by atoms with van der Waals surface area (Å²) in [6.45, 7) is 0.499. The SMILES string of the molecule is Cn1cnnc1C1CCCN(S(=O)(=O)c2ccc(F)cc2F)C1. The second-order valence-electron chi connectivity index (χ2n) is 5.58. The van der Waals surface area contributed by atoms with Crippen LogP contribution in [0.25, 0.3) is 0 Å². The van der Waals surface area contributed by atoms with Crippen LogP contribution in [0.2, 0.25) is 0 Å². The minimum absolute atomic E-state index is 0.102. The number of rotatable bonds is 3. The van der Waals surface area contributed by atoms with Crippen molar-refractivity contribution < 1.29 is 17.2 Å². The topological polar surface area (TPSA) is 68.1 Å². The highest BCUT2D eigenvalue weighted by molar-refractivity contribution is 7.89. The predicted octanol–water partition coefficient (Wildman–Crippen LogP) is 1.66. The lowest BCUT2D eigenvalue weighted by atomic mass is 9.99. The van der Waals surface area contributed by atoms with E-state index in [9.17, 15) is 17.2 Å². The number of sulfonamides is 1. The van der Waals surface area contributed by atoms with Crippen LogP contribution in [0.3, 0.4) is 0 Å². The maximum Gasteiger partial charge on any atom is 0.246 e. The van der Waals surface area contributed by atoms with E-state index in [0.29, 0.717) is 24.9 Å². The first kappa shape index (κ1) is 16.0. The van der Waals surface area contributed by atoms with Gasteiger partial charge in [0.15, 0.2) is 0 Å². The number of aromatic nitrogens is 3. The zero-order valence-electron chi connectivity index (χ0n) is 12.5. The van der Waals surface area contributed by atoms with Gasteiger partial charge in [-0.05, 0) is 25.0 Å². The Kier molecular flexibility index (Phi) is 4.15. The summed E-state index contributed by atoms with van der Waals surface area (Å²) in [7, 11) is -2.22. The molecule has 0 aliphatic carbocycles. The Bertz CT molecular complexity index is 822. The van der Waals surface area contributed by atoms with Gasteiger partial charge in [-0.3, -0.25) is 0 Å². The number of nitrogens with zero attached hydrogens (tertiary/aromatic N) is 4. The molecule has 0 radical (unpaired) electrons. The van der Waals surface area contributed by atoms with Crippen LogP contribution in [0.1, 0.15) is 24.6 Å². The number of hydrogen-bond donors (Lipinski definition) is 0.